The topological polar surface area (TPSA) is 75.6 Å². The first-order valence-corrected chi connectivity index (χ1v) is 6.99. The SMILES string of the molecule is CCC(CC)(CC(=O)NCCCOC(C)C)C(=O)O. The number of carboxylic acids is 1. The lowest BCUT2D eigenvalue weighted by atomic mass is 9.79. The lowest BCUT2D eigenvalue weighted by Gasteiger charge is -2.25. The van der Waals surface area contributed by atoms with E-state index in [9.17, 15) is 14.7 Å². The third-order valence-electron chi connectivity index (χ3n) is 3.40. The summed E-state index contributed by atoms with van der Waals surface area (Å²) in [6.07, 6.45) is 1.89. The van der Waals surface area contributed by atoms with Crippen molar-refractivity contribution in [2.45, 2.75) is 59.5 Å². The monoisotopic (exact) mass is 273 g/mol. The van der Waals surface area contributed by atoms with Crippen LogP contribution in [0.5, 0.6) is 0 Å². The quantitative estimate of drug-likeness (QED) is 0.598. The van der Waals surface area contributed by atoms with Gasteiger partial charge in [0.1, 0.15) is 0 Å². The Hall–Kier alpha value is -1.10. The Morgan fingerprint density at radius 3 is 2.26 bits per heavy atom. The first-order chi connectivity index (χ1) is 8.88. The molecule has 0 aromatic heterocycles. The number of carbonyl (C=O) groups is 2. The second-order valence-corrected chi connectivity index (χ2v) is 5.09. The molecule has 0 aliphatic rings. The highest BCUT2D eigenvalue weighted by atomic mass is 16.5. The Balaban J connectivity index is 4.05. The molecule has 0 aromatic rings. The van der Waals surface area contributed by atoms with Crippen LogP contribution in [-0.2, 0) is 14.3 Å². The van der Waals surface area contributed by atoms with E-state index < -0.39 is 11.4 Å². The van der Waals surface area contributed by atoms with Crippen molar-refractivity contribution in [3.05, 3.63) is 0 Å². The van der Waals surface area contributed by atoms with Gasteiger partial charge in [0.2, 0.25) is 5.91 Å². The minimum Gasteiger partial charge on any atom is -0.481 e. The molecular weight excluding hydrogens is 246 g/mol. The van der Waals surface area contributed by atoms with Crippen LogP contribution >= 0.6 is 0 Å². The van der Waals surface area contributed by atoms with E-state index in [1.807, 2.05) is 13.8 Å². The molecule has 5 nitrogen and oxygen atoms in total. The summed E-state index contributed by atoms with van der Waals surface area (Å²) in [6.45, 7) is 8.66. The van der Waals surface area contributed by atoms with Crippen LogP contribution in [0.4, 0.5) is 0 Å². The summed E-state index contributed by atoms with van der Waals surface area (Å²) in [4.78, 5) is 23.0. The first-order valence-electron chi connectivity index (χ1n) is 6.99. The van der Waals surface area contributed by atoms with Crippen LogP contribution < -0.4 is 5.32 Å². The summed E-state index contributed by atoms with van der Waals surface area (Å²) in [5.74, 6) is -1.09. The van der Waals surface area contributed by atoms with Crippen molar-refractivity contribution in [1.29, 1.82) is 0 Å². The number of carbonyl (C=O) groups excluding carboxylic acids is 1. The third kappa shape index (κ3) is 6.57. The fourth-order valence-corrected chi connectivity index (χ4v) is 1.87. The van der Waals surface area contributed by atoms with Gasteiger partial charge in [0, 0.05) is 19.6 Å². The summed E-state index contributed by atoms with van der Waals surface area (Å²) in [6, 6.07) is 0. The van der Waals surface area contributed by atoms with E-state index in [1.165, 1.54) is 0 Å². The van der Waals surface area contributed by atoms with Gasteiger partial charge in [-0.2, -0.15) is 0 Å². The van der Waals surface area contributed by atoms with Crippen LogP contribution in [0.1, 0.15) is 53.4 Å². The van der Waals surface area contributed by atoms with Crippen LogP contribution in [0.25, 0.3) is 0 Å². The predicted octanol–water partition coefficient (Wildman–Crippen LogP) is 2.20. The lowest BCUT2D eigenvalue weighted by molar-refractivity contribution is -0.152. The average Bonchev–Trinajstić information content (AvgIpc) is 2.34. The maximum absolute atomic E-state index is 11.8. The molecule has 19 heavy (non-hydrogen) atoms. The highest BCUT2D eigenvalue weighted by Crippen LogP contribution is 2.30. The van der Waals surface area contributed by atoms with Gasteiger partial charge < -0.3 is 15.2 Å². The van der Waals surface area contributed by atoms with Gasteiger partial charge in [-0.15, -0.1) is 0 Å². The molecule has 0 radical (unpaired) electrons. The summed E-state index contributed by atoms with van der Waals surface area (Å²) in [5.41, 5.74) is -0.932. The molecule has 0 bridgehead atoms. The Morgan fingerprint density at radius 1 is 1.26 bits per heavy atom. The minimum absolute atomic E-state index is 0.0420. The van der Waals surface area contributed by atoms with Crippen LogP contribution in [0.15, 0.2) is 0 Å². The van der Waals surface area contributed by atoms with E-state index in [0.29, 0.717) is 26.0 Å². The Morgan fingerprint density at radius 2 is 1.84 bits per heavy atom. The molecule has 0 unspecified atom stereocenters. The number of rotatable bonds is 10. The number of carboxylic acid groups (broad SMARTS) is 1. The highest BCUT2D eigenvalue weighted by molar-refractivity contribution is 5.84. The first kappa shape index (κ1) is 17.9. The second-order valence-electron chi connectivity index (χ2n) is 5.09. The van der Waals surface area contributed by atoms with Crippen molar-refractivity contribution < 1.29 is 19.4 Å². The van der Waals surface area contributed by atoms with Crippen molar-refractivity contribution in [2.75, 3.05) is 13.2 Å². The Bertz CT molecular complexity index is 285. The van der Waals surface area contributed by atoms with Gasteiger partial charge in [-0.05, 0) is 33.1 Å². The molecule has 2 N–H and O–H groups in total. The Labute approximate surface area is 115 Å². The smallest absolute Gasteiger partial charge is 0.310 e. The molecular formula is C14H27NO4. The van der Waals surface area contributed by atoms with Gasteiger partial charge in [-0.1, -0.05) is 13.8 Å². The zero-order valence-electron chi connectivity index (χ0n) is 12.5. The normalized spacial score (nSPS) is 11.6. The maximum atomic E-state index is 11.8. The van der Waals surface area contributed by atoms with Crippen LogP contribution in [-0.4, -0.2) is 36.2 Å². The number of nitrogens with one attached hydrogen (secondary N) is 1. The molecule has 0 spiro atoms. The number of aliphatic carboxylic acids is 1. The standard InChI is InChI=1S/C14H27NO4/c1-5-14(6-2,13(17)18)10-12(16)15-8-7-9-19-11(3)4/h11H,5-10H2,1-4H3,(H,15,16)(H,17,18). The lowest BCUT2D eigenvalue weighted by Crippen LogP contribution is -2.37. The number of hydrogen-bond donors (Lipinski definition) is 2. The van der Waals surface area contributed by atoms with Gasteiger partial charge in [0.25, 0.3) is 0 Å². The van der Waals surface area contributed by atoms with E-state index in [1.54, 1.807) is 13.8 Å². The highest BCUT2D eigenvalue weighted by Gasteiger charge is 2.36. The molecule has 0 saturated heterocycles. The molecule has 0 aliphatic carbocycles. The van der Waals surface area contributed by atoms with Crippen molar-refractivity contribution >= 4 is 11.9 Å². The van der Waals surface area contributed by atoms with E-state index in [0.717, 1.165) is 6.42 Å². The number of hydrogen-bond acceptors (Lipinski definition) is 3. The number of amides is 1. The van der Waals surface area contributed by atoms with Crippen molar-refractivity contribution in [1.82, 2.24) is 5.32 Å². The summed E-state index contributed by atoms with van der Waals surface area (Å²) in [7, 11) is 0. The van der Waals surface area contributed by atoms with Crippen molar-refractivity contribution in [3.63, 3.8) is 0 Å². The summed E-state index contributed by atoms with van der Waals surface area (Å²) < 4.78 is 5.36. The minimum atomic E-state index is -0.932. The van der Waals surface area contributed by atoms with Crippen molar-refractivity contribution in [2.24, 2.45) is 5.41 Å². The van der Waals surface area contributed by atoms with Crippen molar-refractivity contribution in [3.8, 4) is 0 Å². The maximum Gasteiger partial charge on any atom is 0.310 e. The fraction of sp³-hybridized carbons (Fsp3) is 0.857. The van der Waals surface area contributed by atoms with E-state index in [2.05, 4.69) is 5.32 Å². The van der Waals surface area contributed by atoms with Gasteiger partial charge >= 0.3 is 5.97 Å². The summed E-state index contributed by atoms with van der Waals surface area (Å²) >= 11 is 0. The molecule has 0 rings (SSSR count). The van der Waals surface area contributed by atoms with Crippen LogP contribution in [0.3, 0.4) is 0 Å². The van der Waals surface area contributed by atoms with E-state index >= 15 is 0 Å². The molecule has 5 heteroatoms. The Kier molecular flexibility index (Phi) is 8.39. The van der Waals surface area contributed by atoms with Gasteiger partial charge in [-0.25, -0.2) is 0 Å². The van der Waals surface area contributed by atoms with E-state index in [-0.39, 0.29) is 18.4 Å². The molecule has 0 fully saturated rings. The average molecular weight is 273 g/mol. The zero-order valence-corrected chi connectivity index (χ0v) is 12.5. The summed E-state index contributed by atoms with van der Waals surface area (Å²) in [5, 5.41) is 12.0. The molecule has 0 aromatic carbocycles. The molecule has 1 amide bonds. The largest absolute Gasteiger partial charge is 0.481 e. The van der Waals surface area contributed by atoms with E-state index in [4.69, 9.17) is 4.74 Å². The van der Waals surface area contributed by atoms with Crippen LogP contribution in [0.2, 0.25) is 0 Å². The third-order valence-corrected chi connectivity index (χ3v) is 3.40. The van der Waals surface area contributed by atoms with Gasteiger partial charge in [-0.3, -0.25) is 9.59 Å². The molecule has 112 valence electrons. The second kappa shape index (κ2) is 8.91. The van der Waals surface area contributed by atoms with Gasteiger partial charge in [0.05, 0.1) is 11.5 Å². The molecule has 0 heterocycles. The number of ether oxygens (including phenoxy) is 1. The zero-order chi connectivity index (χ0) is 14.9. The molecule has 0 saturated carbocycles. The predicted molar refractivity (Wildman–Crippen MR) is 74.0 cm³/mol. The van der Waals surface area contributed by atoms with Crippen LogP contribution in [0, 0.1) is 5.41 Å². The molecule has 0 atom stereocenters. The molecule has 0 aliphatic heterocycles. The van der Waals surface area contributed by atoms with Gasteiger partial charge in [0.15, 0.2) is 0 Å². The fourth-order valence-electron chi connectivity index (χ4n) is 1.87.